The predicted molar refractivity (Wildman–Crippen MR) is 68.9 cm³/mol. The molecule has 8 heteroatoms. The summed E-state index contributed by atoms with van der Waals surface area (Å²) in [6.45, 7) is -1.49. The van der Waals surface area contributed by atoms with E-state index in [0.29, 0.717) is 5.56 Å². The molecule has 21 heavy (non-hydrogen) atoms. The fraction of sp³-hybridized carbons (Fsp3) is 0.231. The molecular formula is C13H9ClF4N2O. The molecule has 0 fully saturated rings. The van der Waals surface area contributed by atoms with Crippen molar-refractivity contribution in [3.8, 4) is 17.3 Å². The number of ether oxygens (including phenoxy) is 1. The highest BCUT2D eigenvalue weighted by Crippen LogP contribution is 2.26. The minimum absolute atomic E-state index is 0.0424. The summed E-state index contributed by atoms with van der Waals surface area (Å²) in [4.78, 5) is 7.79. The Morgan fingerprint density at radius 3 is 2.43 bits per heavy atom. The van der Waals surface area contributed by atoms with Gasteiger partial charge in [-0.25, -0.2) is 13.8 Å². The van der Waals surface area contributed by atoms with E-state index < -0.39 is 19.0 Å². The van der Waals surface area contributed by atoms with Crippen molar-refractivity contribution in [1.29, 1.82) is 0 Å². The Morgan fingerprint density at radius 1 is 1.14 bits per heavy atom. The van der Waals surface area contributed by atoms with Crippen LogP contribution in [0.5, 0.6) is 5.88 Å². The summed E-state index contributed by atoms with van der Waals surface area (Å²) < 4.78 is 54.3. The molecule has 0 aliphatic carbocycles. The molecule has 1 aromatic carbocycles. The number of rotatable bonds is 5. The number of nitrogens with zero attached hydrogens (tertiary/aromatic N) is 2. The summed E-state index contributed by atoms with van der Waals surface area (Å²) >= 11 is 5.75. The molecule has 0 unspecified atom stereocenters. The van der Waals surface area contributed by atoms with Crippen LogP contribution in [-0.4, -0.2) is 28.9 Å². The van der Waals surface area contributed by atoms with Gasteiger partial charge in [0.1, 0.15) is 5.15 Å². The van der Waals surface area contributed by atoms with Crippen LogP contribution in [0.4, 0.5) is 17.6 Å². The number of hydrogen-bond donors (Lipinski definition) is 0. The normalized spacial score (nSPS) is 11.7. The van der Waals surface area contributed by atoms with Gasteiger partial charge in [-0.15, -0.1) is 0 Å². The maximum Gasteiger partial charge on any atom is 0.340 e. The van der Waals surface area contributed by atoms with Gasteiger partial charge in [0, 0.05) is 11.6 Å². The molecular weight excluding hydrogens is 312 g/mol. The second kappa shape index (κ2) is 6.26. The molecule has 0 N–H and O–H groups in total. The number of alkyl halides is 4. The Morgan fingerprint density at radius 2 is 1.81 bits per heavy atom. The standard InChI is InChI=1S/C13H9ClF4N2O/c14-9-6-10(21-7-13(17,18)12(15)16)20-11(19-9)8-4-2-1-3-5-8/h1-6,12H,7H2. The van der Waals surface area contributed by atoms with Crippen molar-refractivity contribution in [1.82, 2.24) is 9.97 Å². The highest BCUT2D eigenvalue weighted by atomic mass is 35.5. The molecule has 0 atom stereocenters. The lowest BCUT2D eigenvalue weighted by atomic mass is 10.2. The lowest BCUT2D eigenvalue weighted by Crippen LogP contribution is -2.33. The van der Waals surface area contributed by atoms with Gasteiger partial charge in [-0.3, -0.25) is 0 Å². The number of benzene rings is 1. The zero-order chi connectivity index (χ0) is 15.5. The van der Waals surface area contributed by atoms with Crippen molar-refractivity contribution < 1.29 is 22.3 Å². The fourth-order valence-electron chi connectivity index (χ4n) is 1.42. The van der Waals surface area contributed by atoms with Gasteiger partial charge in [0.15, 0.2) is 12.4 Å². The third-order valence-corrected chi connectivity index (χ3v) is 2.63. The Hall–Kier alpha value is -1.89. The molecule has 0 spiro atoms. The zero-order valence-electron chi connectivity index (χ0n) is 10.4. The smallest absolute Gasteiger partial charge is 0.340 e. The number of aromatic nitrogens is 2. The first kappa shape index (κ1) is 15.5. The molecule has 0 saturated carbocycles. The first-order chi connectivity index (χ1) is 9.88. The maximum atomic E-state index is 12.8. The highest BCUT2D eigenvalue weighted by Gasteiger charge is 2.41. The third kappa shape index (κ3) is 4.04. The summed E-state index contributed by atoms with van der Waals surface area (Å²) in [5.41, 5.74) is 0.588. The van der Waals surface area contributed by atoms with E-state index >= 15 is 0 Å². The first-order valence-electron chi connectivity index (χ1n) is 5.77. The minimum Gasteiger partial charge on any atom is -0.471 e. The molecule has 2 rings (SSSR count). The summed E-state index contributed by atoms with van der Waals surface area (Å²) in [5.74, 6) is -4.41. The SMILES string of the molecule is FC(F)C(F)(F)COc1cc(Cl)nc(-c2ccccc2)n1. The third-order valence-electron chi connectivity index (χ3n) is 2.44. The average molecular weight is 321 g/mol. The van der Waals surface area contributed by atoms with Crippen LogP contribution in [0.1, 0.15) is 0 Å². The van der Waals surface area contributed by atoms with Gasteiger partial charge in [-0.05, 0) is 0 Å². The van der Waals surface area contributed by atoms with Crippen molar-refractivity contribution in [3.05, 3.63) is 41.6 Å². The van der Waals surface area contributed by atoms with Gasteiger partial charge in [-0.1, -0.05) is 41.9 Å². The molecule has 0 bridgehead atoms. The lowest BCUT2D eigenvalue weighted by Gasteiger charge is -2.15. The van der Waals surface area contributed by atoms with Gasteiger partial charge < -0.3 is 4.74 Å². The van der Waals surface area contributed by atoms with Crippen molar-refractivity contribution in [2.45, 2.75) is 12.3 Å². The minimum atomic E-state index is -4.26. The van der Waals surface area contributed by atoms with Crippen LogP contribution in [-0.2, 0) is 0 Å². The summed E-state index contributed by atoms with van der Waals surface area (Å²) in [6, 6.07) is 9.67. The molecule has 1 aromatic heterocycles. The van der Waals surface area contributed by atoms with E-state index in [1.807, 2.05) is 0 Å². The van der Waals surface area contributed by atoms with E-state index in [1.165, 1.54) is 0 Å². The Labute approximate surface area is 122 Å². The van der Waals surface area contributed by atoms with Gasteiger partial charge in [-0.2, -0.15) is 13.8 Å². The maximum absolute atomic E-state index is 12.8. The average Bonchev–Trinajstić information content (AvgIpc) is 2.45. The van der Waals surface area contributed by atoms with Crippen LogP contribution in [0.3, 0.4) is 0 Å². The molecule has 3 nitrogen and oxygen atoms in total. The van der Waals surface area contributed by atoms with Crippen LogP contribution < -0.4 is 4.74 Å². The molecule has 0 aliphatic heterocycles. The van der Waals surface area contributed by atoms with Crippen LogP contribution in [0.25, 0.3) is 11.4 Å². The van der Waals surface area contributed by atoms with Crippen LogP contribution >= 0.6 is 11.6 Å². The van der Waals surface area contributed by atoms with Crippen LogP contribution in [0, 0.1) is 0 Å². The number of hydrogen-bond acceptors (Lipinski definition) is 3. The first-order valence-corrected chi connectivity index (χ1v) is 6.15. The Bertz CT molecular complexity index is 610. The monoisotopic (exact) mass is 320 g/mol. The van der Waals surface area contributed by atoms with Gasteiger partial charge >= 0.3 is 12.3 Å². The Balaban J connectivity index is 2.20. The predicted octanol–water partition coefficient (Wildman–Crippen LogP) is 4.08. The van der Waals surface area contributed by atoms with Gasteiger partial charge in [0.25, 0.3) is 0 Å². The Kier molecular flexibility index (Phi) is 4.62. The quantitative estimate of drug-likeness (QED) is 0.615. The van der Waals surface area contributed by atoms with E-state index in [1.54, 1.807) is 30.3 Å². The van der Waals surface area contributed by atoms with Crippen molar-refractivity contribution >= 4 is 11.6 Å². The molecule has 0 aliphatic rings. The highest BCUT2D eigenvalue weighted by molar-refractivity contribution is 6.29. The van der Waals surface area contributed by atoms with E-state index in [2.05, 4.69) is 14.7 Å². The summed E-state index contributed by atoms with van der Waals surface area (Å²) in [7, 11) is 0. The van der Waals surface area contributed by atoms with E-state index in [0.717, 1.165) is 6.07 Å². The molecule has 2 aromatic rings. The van der Waals surface area contributed by atoms with Crippen molar-refractivity contribution in [2.75, 3.05) is 6.61 Å². The molecule has 0 radical (unpaired) electrons. The van der Waals surface area contributed by atoms with Crippen molar-refractivity contribution in [2.24, 2.45) is 0 Å². The van der Waals surface area contributed by atoms with Gasteiger partial charge in [0.05, 0.1) is 0 Å². The molecule has 112 valence electrons. The molecule has 0 amide bonds. The number of halogens is 5. The lowest BCUT2D eigenvalue weighted by molar-refractivity contribution is -0.148. The van der Waals surface area contributed by atoms with Crippen molar-refractivity contribution in [3.63, 3.8) is 0 Å². The topological polar surface area (TPSA) is 35.0 Å². The summed E-state index contributed by atoms with van der Waals surface area (Å²) in [5, 5.41) is -0.0424. The largest absolute Gasteiger partial charge is 0.471 e. The van der Waals surface area contributed by atoms with E-state index in [-0.39, 0.29) is 16.9 Å². The second-order valence-electron chi connectivity index (χ2n) is 4.07. The van der Waals surface area contributed by atoms with E-state index in [9.17, 15) is 17.6 Å². The van der Waals surface area contributed by atoms with Gasteiger partial charge in [0.2, 0.25) is 5.88 Å². The molecule has 1 heterocycles. The molecule has 0 saturated heterocycles. The fourth-order valence-corrected chi connectivity index (χ4v) is 1.59. The van der Waals surface area contributed by atoms with Crippen LogP contribution in [0.2, 0.25) is 5.15 Å². The van der Waals surface area contributed by atoms with Crippen LogP contribution in [0.15, 0.2) is 36.4 Å². The summed E-state index contributed by atoms with van der Waals surface area (Å²) in [6.07, 6.45) is -3.82. The second-order valence-corrected chi connectivity index (χ2v) is 4.46. The van der Waals surface area contributed by atoms with E-state index in [4.69, 9.17) is 11.6 Å². The zero-order valence-corrected chi connectivity index (χ0v) is 11.2.